The zero-order valence-electron chi connectivity index (χ0n) is 16.9. The van der Waals surface area contributed by atoms with Crippen LogP contribution in [0.4, 0.5) is 11.4 Å². The summed E-state index contributed by atoms with van der Waals surface area (Å²) in [6, 6.07) is 17.7. The number of rotatable bonds is 6. The van der Waals surface area contributed by atoms with Crippen LogP contribution in [-0.2, 0) is 0 Å². The molecule has 31 heavy (non-hydrogen) atoms. The molecule has 156 valence electrons. The number of nitrogens with one attached hydrogen (secondary N) is 1. The maximum absolute atomic E-state index is 12.8. The first-order valence-corrected chi connectivity index (χ1v) is 10.5. The fraction of sp³-hybridized carbons (Fsp3) is 0.130. The predicted molar refractivity (Wildman–Crippen MR) is 122 cm³/mol. The lowest BCUT2D eigenvalue weighted by molar-refractivity contribution is -0.385. The molecule has 4 aromatic rings. The van der Waals surface area contributed by atoms with E-state index >= 15 is 0 Å². The van der Waals surface area contributed by atoms with Crippen molar-refractivity contribution < 1.29 is 14.5 Å². The number of nitro benzene ring substituents is 1. The van der Waals surface area contributed by atoms with Gasteiger partial charge in [0, 0.05) is 22.9 Å². The summed E-state index contributed by atoms with van der Waals surface area (Å²) < 4.78 is 6.37. The molecule has 0 atom stereocenters. The highest BCUT2D eigenvalue weighted by molar-refractivity contribution is 7.21. The van der Waals surface area contributed by atoms with Crippen molar-refractivity contribution in [2.75, 3.05) is 11.9 Å². The molecule has 1 heterocycles. The van der Waals surface area contributed by atoms with Crippen LogP contribution in [-0.4, -0.2) is 22.4 Å². The molecule has 0 saturated heterocycles. The third kappa shape index (κ3) is 4.10. The number of carbonyl (C=O) groups is 1. The maximum atomic E-state index is 12.8. The lowest BCUT2D eigenvalue weighted by atomic mass is 10.1. The Kier molecular flexibility index (Phi) is 5.64. The van der Waals surface area contributed by atoms with Gasteiger partial charge in [-0.25, -0.2) is 4.98 Å². The number of amides is 1. The smallest absolute Gasteiger partial charge is 0.311 e. The number of thiazole rings is 1. The van der Waals surface area contributed by atoms with Crippen molar-refractivity contribution in [1.82, 2.24) is 4.98 Å². The Balaban J connectivity index is 1.64. The van der Waals surface area contributed by atoms with Crippen molar-refractivity contribution in [3.63, 3.8) is 0 Å². The van der Waals surface area contributed by atoms with Gasteiger partial charge in [0.25, 0.3) is 5.91 Å². The molecule has 0 aliphatic heterocycles. The minimum atomic E-state index is -0.555. The average molecular weight is 433 g/mol. The highest BCUT2D eigenvalue weighted by Gasteiger charge is 2.19. The first kappa shape index (κ1) is 20.5. The van der Waals surface area contributed by atoms with Crippen LogP contribution in [0.15, 0.2) is 60.7 Å². The molecule has 0 aliphatic carbocycles. The van der Waals surface area contributed by atoms with Crippen LogP contribution in [0, 0.1) is 17.0 Å². The van der Waals surface area contributed by atoms with E-state index in [0.717, 1.165) is 26.4 Å². The van der Waals surface area contributed by atoms with Gasteiger partial charge in [0.15, 0.2) is 5.75 Å². The van der Waals surface area contributed by atoms with Gasteiger partial charge >= 0.3 is 5.69 Å². The Hall–Kier alpha value is -3.78. The van der Waals surface area contributed by atoms with Crippen molar-refractivity contribution >= 4 is 38.8 Å². The Bertz CT molecular complexity index is 1270. The average Bonchev–Trinajstić information content (AvgIpc) is 3.19. The molecule has 0 radical (unpaired) electrons. The van der Waals surface area contributed by atoms with Gasteiger partial charge in [-0.3, -0.25) is 14.9 Å². The molecule has 4 rings (SSSR count). The molecular weight excluding hydrogens is 414 g/mol. The second-order valence-electron chi connectivity index (χ2n) is 6.79. The maximum Gasteiger partial charge on any atom is 0.311 e. The molecule has 0 fully saturated rings. The second-order valence-corrected chi connectivity index (χ2v) is 7.82. The Morgan fingerprint density at radius 2 is 1.97 bits per heavy atom. The molecule has 0 bridgehead atoms. The zero-order valence-corrected chi connectivity index (χ0v) is 17.7. The molecule has 0 saturated carbocycles. The van der Waals surface area contributed by atoms with Crippen LogP contribution in [0.5, 0.6) is 5.75 Å². The largest absolute Gasteiger partial charge is 0.487 e. The van der Waals surface area contributed by atoms with Crippen LogP contribution in [0.2, 0.25) is 0 Å². The van der Waals surface area contributed by atoms with Gasteiger partial charge in [-0.15, -0.1) is 11.3 Å². The summed E-state index contributed by atoms with van der Waals surface area (Å²) in [5.74, 6) is -0.297. The number of aromatic nitrogens is 1. The summed E-state index contributed by atoms with van der Waals surface area (Å²) in [5, 5.41) is 15.1. The number of hydrogen-bond acceptors (Lipinski definition) is 6. The summed E-state index contributed by atoms with van der Waals surface area (Å²) in [4.78, 5) is 28.3. The van der Waals surface area contributed by atoms with E-state index in [0.29, 0.717) is 12.3 Å². The minimum absolute atomic E-state index is 0.137. The van der Waals surface area contributed by atoms with Crippen LogP contribution >= 0.6 is 11.3 Å². The van der Waals surface area contributed by atoms with Gasteiger partial charge < -0.3 is 10.1 Å². The molecule has 8 heteroatoms. The number of benzene rings is 3. The van der Waals surface area contributed by atoms with Crippen molar-refractivity contribution in [2.24, 2.45) is 0 Å². The third-order valence-electron chi connectivity index (χ3n) is 4.82. The van der Waals surface area contributed by atoms with Gasteiger partial charge in [-0.2, -0.15) is 0 Å². The quantitative estimate of drug-likeness (QED) is 0.305. The van der Waals surface area contributed by atoms with E-state index < -0.39 is 10.8 Å². The molecule has 1 aromatic heterocycles. The standard InChI is InChI=1S/C23H19N3O4S/c1-3-30-20-12-11-15(13-19(20)26(28)29)22(27)24-17-9-6-7-16(14(17)2)23-25-18-8-4-5-10-21(18)31-23/h4-13H,3H2,1-2H3,(H,24,27). The Morgan fingerprint density at radius 1 is 1.16 bits per heavy atom. The molecule has 1 N–H and O–H groups in total. The highest BCUT2D eigenvalue weighted by atomic mass is 32.1. The second kappa shape index (κ2) is 8.53. The number of nitro groups is 1. The summed E-state index contributed by atoms with van der Waals surface area (Å²) in [7, 11) is 0. The summed E-state index contributed by atoms with van der Waals surface area (Å²) in [6.45, 7) is 3.95. The SMILES string of the molecule is CCOc1ccc(C(=O)Nc2cccc(-c3nc4ccccc4s3)c2C)cc1[N+](=O)[O-]. The molecule has 0 spiro atoms. The highest BCUT2D eigenvalue weighted by Crippen LogP contribution is 2.35. The summed E-state index contributed by atoms with van der Waals surface area (Å²) >= 11 is 1.59. The van der Waals surface area contributed by atoms with Crippen LogP contribution in [0.3, 0.4) is 0 Å². The number of anilines is 1. The number of hydrogen-bond donors (Lipinski definition) is 1. The van der Waals surface area contributed by atoms with Crippen LogP contribution < -0.4 is 10.1 Å². The Morgan fingerprint density at radius 3 is 2.71 bits per heavy atom. The normalized spacial score (nSPS) is 10.8. The number of fused-ring (bicyclic) bond motifs is 1. The fourth-order valence-electron chi connectivity index (χ4n) is 3.26. The zero-order chi connectivity index (χ0) is 22.0. The molecule has 0 unspecified atom stereocenters. The summed E-state index contributed by atoms with van der Waals surface area (Å²) in [6.07, 6.45) is 0. The molecular formula is C23H19N3O4S. The van der Waals surface area contributed by atoms with Crippen molar-refractivity contribution in [1.29, 1.82) is 0 Å². The summed E-state index contributed by atoms with van der Waals surface area (Å²) in [5.41, 5.74) is 3.29. The van der Waals surface area contributed by atoms with Crippen molar-refractivity contribution in [3.05, 3.63) is 81.9 Å². The molecule has 7 nitrogen and oxygen atoms in total. The van der Waals surface area contributed by atoms with Crippen molar-refractivity contribution in [2.45, 2.75) is 13.8 Å². The minimum Gasteiger partial charge on any atom is -0.487 e. The third-order valence-corrected chi connectivity index (χ3v) is 5.89. The molecule has 1 amide bonds. The monoisotopic (exact) mass is 433 g/mol. The van der Waals surface area contributed by atoms with Gasteiger partial charge in [0.05, 0.1) is 21.7 Å². The van der Waals surface area contributed by atoms with E-state index in [1.807, 2.05) is 43.3 Å². The van der Waals surface area contributed by atoms with Gasteiger partial charge in [-0.05, 0) is 49.7 Å². The van der Waals surface area contributed by atoms with E-state index in [1.165, 1.54) is 18.2 Å². The molecule has 0 aliphatic rings. The van der Waals surface area contributed by atoms with Gasteiger partial charge in [0.1, 0.15) is 5.01 Å². The van der Waals surface area contributed by atoms with E-state index in [-0.39, 0.29) is 17.0 Å². The van der Waals surface area contributed by atoms with Crippen LogP contribution in [0.25, 0.3) is 20.8 Å². The van der Waals surface area contributed by atoms with E-state index in [4.69, 9.17) is 9.72 Å². The topological polar surface area (TPSA) is 94.4 Å². The van der Waals surface area contributed by atoms with Gasteiger partial charge in [-0.1, -0.05) is 24.3 Å². The number of ether oxygens (including phenoxy) is 1. The van der Waals surface area contributed by atoms with Crippen LogP contribution in [0.1, 0.15) is 22.8 Å². The first-order valence-electron chi connectivity index (χ1n) is 9.66. The van der Waals surface area contributed by atoms with E-state index in [2.05, 4.69) is 5.32 Å². The fourth-order valence-corrected chi connectivity index (χ4v) is 4.31. The number of carbonyl (C=O) groups excluding carboxylic acids is 1. The molecule has 3 aromatic carbocycles. The lowest BCUT2D eigenvalue weighted by Gasteiger charge is -2.12. The Labute approximate surface area is 182 Å². The first-order chi connectivity index (χ1) is 15.0. The predicted octanol–water partition coefficient (Wildman–Crippen LogP) is 5.83. The lowest BCUT2D eigenvalue weighted by Crippen LogP contribution is -2.13. The van der Waals surface area contributed by atoms with E-state index in [1.54, 1.807) is 24.3 Å². The van der Waals surface area contributed by atoms with Crippen molar-refractivity contribution in [3.8, 4) is 16.3 Å². The van der Waals surface area contributed by atoms with Gasteiger partial charge in [0.2, 0.25) is 0 Å². The number of nitrogens with zero attached hydrogens (tertiary/aromatic N) is 2. The van der Waals surface area contributed by atoms with E-state index in [9.17, 15) is 14.9 Å². The number of para-hydroxylation sites is 1.